The van der Waals surface area contributed by atoms with Crippen LogP contribution in [0, 0.1) is 0 Å². The molecule has 1 aliphatic heterocycles. The highest BCUT2D eigenvalue weighted by Gasteiger charge is 2.40. The maximum absolute atomic E-state index is 12.6. The fourth-order valence-corrected chi connectivity index (χ4v) is 1.40. The topological polar surface area (TPSA) is 30.8 Å². The molecule has 0 atom stereocenters. The van der Waals surface area contributed by atoms with Crippen molar-refractivity contribution in [2.24, 2.45) is 4.99 Å². The van der Waals surface area contributed by atoms with Gasteiger partial charge in [-0.3, -0.25) is 4.99 Å². The molecular weight excluding hydrogens is 215 g/mol. The van der Waals surface area contributed by atoms with Crippen LogP contribution in [0.25, 0.3) is 0 Å². The maximum atomic E-state index is 12.6. The third-order valence-electron chi connectivity index (χ3n) is 2.16. The summed E-state index contributed by atoms with van der Waals surface area (Å²) < 4.78 is 36.0. The zero-order valence-electron chi connectivity index (χ0n) is 9.37. The summed E-state index contributed by atoms with van der Waals surface area (Å²) in [6.07, 6.45) is -1.45. The predicted molar refractivity (Wildman–Crippen MR) is 59.6 cm³/mol. The van der Waals surface area contributed by atoms with Crippen molar-refractivity contribution in [1.29, 1.82) is 0 Å². The van der Waals surface area contributed by atoms with Gasteiger partial charge in [0.15, 0.2) is 0 Å². The largest absolute Gasteiger partial charge is 0.496 e. The van der Waals surface area contributed by atoms with E-state index < -0.39 is 24.8 Å². The number of alkyl halides is 2. The van der Waals surface area contributed by atoms with Crippen LogP contribution in [0.2, 0.25) is 0 Å². The molecule has 1 heterocycles. The Morgan fingerprint density at radius 2 is 2.19 bits per heavy atom. The molecule has 0 N–H and O–H groups in total. The van der Waals surface area contributed by atoms with Gasteiger partial charge in [-0.05, 0) is 20.6 Å². The van der Waals surface area contributed by atoms with Crippen molar-refractivity contribution in [2.75, 3.05) is 6.61 Å². The molecule has 0 aromatic heterocycles. The van der Waals surface area contributed by atoms with Gasteiger partial charge in [-0.2, -0.15) is 0 Å². The molecule has 1 rings (SSSR count). The molecule has 0 aromatic carbocycles. The van der Waals surface area contributed by atoms with E-state index in [9.17, 15) is 8.78 Å². The number of hydrogen-bond acceptors (Lipinski definition) is 3. The van der Waals surface area contributed by atoms with Gasteiger partial charge in [0.1, 0.15) is 5.70 Å². The molecule has 16 heavy (non-hydrogen) atoms. The Morgan fingerprint density at radius 1 is 1.56 bits per heavy atom. The van der Waals surface area contributed by atoms with Crippen molar-refractivity contribution in [3.63, 3.8) is 0 Å². The van der Waals surface area contributed by atoms with Gasteiger partial charge in [-0.25, -0.2) is 8.78 Å². The minimum atomic E-state index is -2.72. The monoisotopic (exact) mass is 229 g/mol. The Balaban J connectivity index is 2.99. The first-order chi connectivity index (χ1) is 7.41. The number of rotatable bonds is 4. The first-order valence-electron chi connectivity index (χ1n) is 4.82. The van der Waals surface area contributed by atoms with Crippen molar-refractivity contribution < 1.29 is 18.1 Å². The minimum Gasteiger partial charge on any atom is -0.404 e. The van der Waals surface area contributed by atoms with Crippen molar-refractivity contribution in [3.8, 4) is 0 Å². The minimum absolute atomic E-state index is 0.135. The van der Waals surface area contributed by atoms with Crippen molar-refractivity contribution >= 4 is 13.8 Å². The van der Waals surface area contributed by atoms with Crippen LogP contribution >= 0.6 is 0 Å². The first-order valence-corrected chi connectivity index (χ1v) is 4.82. The van der Waals surface area contributed by atoms with Crippen molar-refractivity contribution in [1.82, 2.24) is 0 Å². The summed E-state index contributed by atoms with van der Waals surface area (Å²) in [4.78, 5) is 3.30. The molecule has 6 heteroatoms. The van der Waals surface area contributed by atoms with Gasteiger partial charge >= 0.3 is 7.12 Å². The fraction of sp³-hybridized carbons (Fsp3) is 0.500. The van der Waals surface area contributed by atoms with E-state index in [0.717, 1.165) is 0 Å². The molecule has 0 amide bonds. The average molecular weight is 229 g/mol. The van der Waals surface area contributed by atoms with E-state index in [0.29, 0.717) is 6.61 Å². The Morgan fingerprint density at radius 3 is 2.50 bits per heavy atom. The van der Waals surface area contributed by atoms with Gasteiger partial charge < -0.3 is 9.31 Å². The Bertz CT molecular complexity index is 329. The number of allylic oxidation sites excluding steroid dienone is 3. The highest BCUT2D eigenvalue weighted by atomic mass is 19.3. The van der Waals surface area contributed by atoms with Crippen LogP contribution in [-0.2, 0) is 9.31 Å². The quantitative estimate of drug-likeness (QED) is 0.420. The normalized spacial score (nSPS) is 20.9. The van der Waals surface area contributed by atoms with Gasteiger partial charge in [0.05, 0.1) is 12.2 Å². The second-order valence-electron chi connectivity index (χ2n) is 4.02. The van der Waals surface area contributed by atoms with Crippen LogP contribution in [0.5, 0.6) is 0 Å². The second kappa shape index (κ2) is 4.89. The lowest BCUT2D eigenvalue weighted by Crippen LogP contribution is -2.26. The molecule has 0 spiro atoms. The zero-order chi connectivity index (χ0) is 12.3. The highest BCUT2D eigenvalue weighted by molar-refractivity contribution is 6.55. The predicted octanol–water partition coefficient (Wildman–Crippen LogP) is 2.25. The molecule has 0 aromatic rings. The molecule has 0 aliphatic carbocycles. The average Bonchev–Trinajstić information content (AvgIpc) is 2.54. The molecule has 0 radical (unpaired) electrons. The fourth-order valence-electron chi connectivity index (χ4n) is 1.40. The van der Waals surface area contributed by atoms with Crippen LogP contribution in [-0.4, -0.2) is 32.5 Å². The van der Waals surface area contributed by atoms with Crippen LogP contribution in [0.15, 0.2) is 28.8 Å². The number of aliphatic imine (C=N–C) groups is 1. The van der Waals surface area contributed by atoms with E-state index in [-0.39, 0.29) is 5.47 Å². The van der Waals surface area contributed by atoms with Gasteiger partial charge in [-0.15, -0.1) is 0 Å². The third-order valence-corrected chi connectivity index (χ3v) is 2.16. The summed E-state index contributed by atoms with van der Waals surface area (Å²) in [6, 6.07) is 0. The van der Waals surface area contributed by atoms with Crippen LogP contribution < -0.4 is 0 Å². The lowest BCUT2D eigenvalue weighted by molar-refractivity contribution is 0.136. The van der Waals surface area contributed by atoms with E-state index >= 15 is 0 Å². The van der Waals surface area contributed by atoms with Crippen molar-refractivity contribution in [2.45, 2.75) is 25.9 Å². The molecule has 1 aliphatic rings. The molecule has 1 fully saturated rings. The standard InChI is InChI=1S/C10H14BF2NO2/c1-5-7(8(14-4)9(12)13)11-15-6-10(2,3)16-11/h5,9H,1,4,6H2,2-3H3/b8-7+. The van der Waals surface area contributed by atoms with Gasteiger partial charge in [-0.1, -0.05) is 12.7 Å². The molecule has 1 saturated heterocycles. The maximum Gasteiger partial charge on any atom is 0.496 e. The van der Waals surface area contributed by atoms with Crippen LogP contribution in [0.3, 0.4) is 0 Å². The molecule has 3 nitrogen and oxygen atoms in total. The van der Waals surface area contributed by atoms with E-state index in [1.165, 1.54) is 6.08 Å². The van der Waals surface area contributed by atoms with E-state index in [4.69, 9.17) is 9.31 Å². The molecule has 0 unspecified atom stereocenters. The van der Waals surface area contributed by atoms with Gasteiger partial charge in [0.25, 0.3) is 6.43 Å². The molecule has 0 saturated carbocycles. The summed E-state index contributed by atoms with van der Waals surface area (Å²) >= 11 is 0. The van der Waals surface area contributed by atoms with Crippen LogP contribution in [0.4, 0.5) is 8.78 Å². The number of hydrogen-bond donors (Lipinski definition) is 0. The Hall–Kier alpha value is -1.01. The summed E-state index contributed by atoms with van der Waals surface area (Å²) in [5.74, 6) is 0. The molecule has 88 valence electrons. The highest BCUT2D eigenvalue weighted by Crippen LogP contribution is 2.27. The second-order valence-corrected chi connectivity index (χ2v) is 4.02. The Kier molecular flexibility index (Phi) is 3.99. The summed E-state index contributed by atoms with van der Waals surface area (Å²) in [5, 5.41) is 0. The van der Waals surface area contributed by atoms with Gasteiger partial charge in [0.2, 0.25) is 0 Å². The molecule has 0 bridgehead atoms. The summed E-state index contributed by atoms with van der Waals surface area (Å²) in [5.41, 5.74) is -0.805. The lowest BCUT2D eigenvalue weighted by atomic mass is 9.77. The summed E-state index contributed by atoms with van der Waals surface area (Å²) in [6.45, 7) is 10.5. The molecular formula is C10H14BF2NO2. The smallest absolute Gasteiger partial charge is 0.404 e. The number of halogens is 2. The van der Waals surface area contributed by atoms with E-state index in [2.05, 4.69) is 18.3 Å². The van der Waals surface area contributed by atoms with E-state index in [1.54, 1.807) is 0 Å². The Labute approximate surface area is 94.0 Å². The SMILES string of the molecule is C=C/C(B1OCC(C)(C)O1)=C(\N=C)C(F)F. The zero-order valence-corrected chi connectivity index (χ0v) is 9.37. The first kappa shape index (κ1) is 13.1. The summed E-state index contributed by atoms with van der Waals surface area (Å²) in [7, 11) is -0.845. The van der Waals surface area contributed by atoms with Gasteiger partial charge in [0, 0.05) is 5.47 Å². The van der Waals surface area contributed by atoms with Crippen molar-refractivity contribution in [3.05, 3.63) is 23.8 Å². The van der Waals surface area contributed by atoms with Crippen LogP contribution in [0.1, 0.15) is 13.8 Å². The third kappa shape index (κ3) is 2.77. The number of nitrogens with zero attached hydrogens (tertiary/aromatic N) is 1. The van der Waals surface area contributed by atoms with E-state index in [1.807, 2.05) is 13.8 Å². The lowest BCUT2D eigenvalue weighted by Gasteiger charge is -2.16.